The lowest BCUT2D eigenvalue weighted by atomic mass is 10.1. The Morgan fingerprint density at radius 1 is 1.00 bits per heavy atom. The minimum absolute atomic E-state index is 1.11. The third-order valence-corrected chi connectivity index (χ3v) is 6.62. The van der Waals surface area contributed by atoms with Gasteiger partial charge < -0.3 is 10.2 Å². The van der Waals surface area contributed by atoms with Crippen molar-refractivity contribution in [3.63, 3.8) is 0 Å². The van der Waals surface area contributed by atoms with Crippen LogP contribution >= 0.6 is 23.1 Å². The number of aryl methyl sites for hydroxylation is 2. The van der Waals surface area contributed by atoms with E-state index in [4.69, 9.17) is 0 Å². The summed E-state index contributed by atoms with van der Waals surface area (Å²) in [7, 11) is 0. The van der Waals surface area contributed by atoms with Crippen molar-refractivity contribution in [3.05, 3.63) is 41.5 Å². The molecule has 1 saturated heterocycles. The van der Waals surface area contributed by atoms with Gasteiger partial charge in [-0.1, -0.05) is 30.0 Å². The molecule has 0 spiro atoms. The average molecular weight is 302 g/mol. The van der Waals surface area contributed by atoms with Crippen LogP contribution in [0, 0.1) is 0 Å². The first-order valence-corrected chi connectivity index (χ1v) is 8.87. The third-order valence-electron chi connectivity index (χ3n) is 4.02. The van der Waals surface area contributed by atoms with Crippen LogP contribution in [-0.2, 0) is 12.8 Å². The average Bonchev–Trinajstić information content (AvgIpc) is 2.82. The van der Waals surface area contributed by atoms with Crippen LogP contribution < -0.4 is 10.2 Å². The monoisotopic (exact) mass is 302 g/mol. The molecule has 0 unspecified atom stereocenters. The number of nitrogens with zero attached hydrogens (tertiary/aromatic N) is 1. The van der Waals surface area contributed by atoms with Gasteiger partial charge >= 0.3 is 0 Å². The van der Waals surface area contributed by atoms with Gasteiger partial charge in [0, 0.05) is 31.1 Å². The summed E-state index contributed by atoms with van der Waals surface area (Å²) in [6.45, 7) is 4.50. The maximum atomic E-state index is 3.43. The van der Waals surface area contributed by atoms with Crippen molar-refractivity contribution in [1.29, 1.82) is 0 Å². The fraction of sp³-hybridized carbons (Fsp3) is 0.375. The molecule has 2 aliphatic heterocycles. The van der Waals surface area contributed by atoms with Crippen LogP contribution in [0.25, 0.3) is 0 Å². The first-order valence-electron chi connectivity index (χ1n) is 7.24. The molecule has 2 aliphatic rings. The number of nitrogens with one attached hydrogen (secondary N) is 1. The zero-order valence-electron chi connectivity index (χ0n) is 11.4. The van der Waals surface area contributed by atoms with E-state index < -0.39 is 0 Å². The van der Waals surface area contributed by atoms with Gasteiger partial charge in [0.05, 0.1) is 9.21 Å². The number of piperazine rings is 1. The Morgan fingerprint density at radius 2 is 1.80 bits per heavy atom. The summed E-state index contributed by atoms with van der Waals surface area (Å²) >= 11 is 3.94. The molecule has 0 atom stereocenters. The summed E-state index contributed by atoms with van der Waals surface area (Å²) in [6.07, 6.45) is 2.36. The van der Waals surface area contributed by atoms with Crippen LogP contribution in [0.4, 0.5) is 5.00 Å². The molecule has 0 radical (unpaired) electrons. The minimum atomic E-state index is 1.11. The molecule has 2 nitrogen and oxygen atoms in total. The highest BCUT2D eigenvalue weighted by Gasteiger charge is 2.20. The van der Waals surface area contributed by atoms with Gasteiger partial charge in [-0.3, -0.25) is 0 Å². The van der Waals surface area contributed by atoms with Gasteiger partial charge in [0.25, 0.3) is 0 Å². The summed E-state index contributed by atoms with van der Waals surface area (Å²) in [5.74, 6) is 0. The zero-order chi connectivity index (χ0) is 13.4. The van der Waals surface area contributed by atoms with E-state index in [0.29, 0.717) is 0 Å². The van der Waals surface area contributed by atoms with Crippen molar-refractivity contribution >= 4 is 28.1 Å². The van der Waals surface area contributed by atoms with Crippen LogP contribution in [0.1, 0.15) is 11.1 Å². The van der Waals surface area contributed by atoms with Gasteiger partial charge in [-0.05, 0) is 36.1 Å². The number of thiophene rings is 1. The van der Waals surface area contributed by atoms with Gasteiger partial charge in [0.2, 0.25) is 0 Å². The van der Waals surface area contributed by atoms with E-state index in [0.717, 1.165) is 26.2 Å². The van der Waals surface area contributed by atoms with Crippen molar-refractivity contribution in [1.82, 2.24) is 5.32 Å². The number of anilines is 1. The molecule has 1 aromatic carbocycles. The molecule has 0 saturated carbocycles. The molecule has 3 heterocycles. The van der Waals surface area contributed by atoms with E-state index in [1.54, 1.807) is 5.56 Å². The van der Waals surface area contributed by atoms with Crippen LogP contribution in [0.3, 0.4) is 0 Å². The van der Waals surface area contributed by atoms with Crippen molar-refractivity contribution in [2.24, 2.45) is 0 Å². The fourth-order valence-corrected chi connectivity index (χ4v) is 5.51. The highest BCUT2D eigenvalue weighted by Crippen LogP contribution is 2.44. The summed E-state index contributed by atoms with van der Waals surface area (Å²) in [6, 6.07) is 11.3. The van der Waals surface area contributed by atoms with E-state index in [9.17, 15) is 0 Å². The SMILES string of the molecule is c1ccc2c(c1)CCc1cc(N3CCNCC3)sc1S2. The Hall–Kier alpha value is -0.970. The highest BCUT2D eigenvalue weighted by molar-refractivity contribution is 8.01. The van der Waals surface area contributed by atoms with Crippen molar-refractivity contribution in [2.75, 3.05) is 31.1 Å². The molecule has 1 fully saturated rings. The summed E-state index contributed by atoms with van der Waals surface area (Å²) in [4.78, 5) is 3.97. The molecular weight excluding hydrogens is 284 g/mol. The summed E-state index contributed by atoms with van der Waals surface area (Å²) in [5, 5.41) is 4.89. The van der Waals surface area contributed by atoms with E-state index in [-0.39, 0.29) is 0 Å². The second-order valence-corrected chi connectivity index (χ2v) is 7.69. The van der Waals surface area contributed by atoms with E-state index in [1.807, 2.05) is 23.1 Å². The largest absolute Gasteiger partial charge is 0.361 e. The minimum Gasteiger partial charge on any atom is -0.361 e. The highest BCUT2D eigenvalue weighted by atomic mass is 32.2. The molecule has 104 valence electrons. The predicted molar refractivity (Wildman–Crippen MR) is 87.4 cm³/mol. The molecule has 2 aromatic rings. The van der Waals surface area contributed by atoms with E-state index in [1.165, 1.54) is 32.5 Å². The summed E-state index contributed by atoms with van der Waals surface area (Å²) in [5.41, 5.74) is 3.05. The Morgan fingerprint density at radius 3 is 2.70 bits per heavy atom. The van der Waals surface area contributed by atoms with Gasteiger partial charge in [-0.2, -0.15) is 0 Å². The van der Waals surface area contributed by atoms with Gasteiger partial charge in [-0.15, -0.1) is 11.3 Å². The van der Waals surface area contributed by atoms with Crippen LogP contribution in [0.15, 0.2) is 39.4 Å². The molecule has 4 heteroatoms. The smallest absolute Gasteiger partial charge is 0.0924 e. The molecule has 4 rings (SSSR count). The first kappa shape index (κ1) is 12.7. The molecule has 0 aliphatic carbocycles. The standard InChI is InChI=1S/C16H18N2S2/c1-2-4-14-12(3-1)5-6-13-11-15(20-16(13)19-14)18-9-7-17-8-10-18/h1-4,11,17H,5-10H2. The van der Waals surface area contributed by atoms with Crippen LogP contribution in [0.2, 0.25) is 0 Å². The van der Waals surface area contributed by atoms with Crippen molar-refractivity contribution in [3.8, 4) is 0 Å². The molecule has 0 amide bonds. The lowest BCUT2D eigenvalue weighted by molar-refractivity contribution is 0.592. The quantitative estimate of drug-likeness (QED) is 0.869. The van der Waals surface area contributed by atoms with Gasteiger partial charge in [0.1, 0.15) is 0 Å². The Balaban J connectivity index is 1.64. The predicted octanol–water partition coefficient (Wildman–Crippen LogP) is 3.41. The molecule has 20 heavy (non-hydrogen) atoms. The molecular formula is C16H18N2S2. The molecule has 1 N–H and O–H groups in total. The Kier molecular flexibility index (Phi) is 3.46. The number of rotatable bonds is 1. The zero-order valence-corrected chi connectivity index (χ0v) is 13.0. The Bertz CT molecular complexity index is 615. The fourth-order valence-electron chi connectivity index (χ4n) is 2.88. The van der Waals surface area contributed by atoms with E-state index >= 15 is 0 Å². The maximum absolute atomic E-state index is 3.43. The second-order valence-electron chi connectivity index (χ2n) is 5.34. The Labute approximate surface area is 128 Å². The van der Waals surface area contributed by atoms with E-state index in [2.05, 4.69) is 40.5 Å². The topological polar surface area (TPSA) is 15.3 Å². The lowest BCUT2D eigenvalue weighted by Crippen LogP contribution is -2.43. The van der Waals surface area contributed by atoms with Gasteiger partial charge in [-0.25, -0.2) is 0 Å². The lowest BCUT2D eigenvalue weighted by Gasteiger charge is -2.27. The van der Waals surface area contributed by atoms with Crippen LogP contribution in [-0.4, -0.2) is 26.2 Å². The molecule has 1 aromatic heterocycles. The summed E-state index contributed by atoms with van der Waals surface area (Å²) < 4.78 is 1.50. The van der Waals surface area contributed by atoms with Crippen LogP contribution in [0.5, 0.6) is 0 Å². The second kappa shape index (κ2) is 5.43. The first-order chi connectivity index (χ1) is 9.90. The van der Waals surface area contributed by atoms with Crippen molar-refractivity contribution in [2.45, 2.75) is 21.9 Å². The molecule has 0 bridgehead atoms. The third kappa shape index (κ3) is 2.36. The number of fused-ring (bicyclic) bond motifs is 2. The number of hydrogen-bond acceptors (Lipinski definition) is 4. The number of benzene rings is 1. The number of hydrogen-bond donors (Lipinski definition) is 1. The van der Waals surface area contributed by atoms with Gasteiger partial charge in [0.15, 0.2) is 0 Å². The maximum Gasteiger partial charge on any atom is 0.0924 e. The normalized spacial score (nSPS) is 18.3. The van der Waals surface area contributed by atoms with Crippen molar-refractivity contribution < 1.29 is 0 Å².